The fourth-order valence-corrected chi connectivity index (χ4v) is 3.63. The summed E-state index contributed by atoms with van der Waals surface area (Å²) < 4.78 is 0. The predicted octanol–water partition coefficient (Wildman–Crippen LogP) is 1.33. The van der Waals surface area contributed by atoms with Crippen molar-refractivity contribution in [2.75, 3.05) is 6.54 Å². The third kappa shape index (κ3) is 1.18. The van der Waals surface area contributed by atoms with Gasteiger partial charge in [-0.2, -0.15) is 0 Å². The number of hydrogen-bond donors (Lipinski definition) is 2. The van der Waals surface area contributed by atoms with E-state index in [2.05, 4.69) is 13.8 Å². The van der Waals surface area contributed by atoms with E-state index >= 15 is 0 Å². The molecule has 14 heavy (non-hydrogen) atoms. The van der Waals surface area contributed by atoms with Gasteiger partial charge in [-0.05, 0) is 42.6 Å². The molecule has 2 saturated carbocycles. The molecule has 3 nitrogen and oxygen atoms in total. The molecule has 0 aromatic rings. The van der Waals surface area contributed by atoms with Gasteiger partial charge in [-0.15, -0.1) is 0 Å². The van der Waals surface area contributed by atoms with Crippen molar-refractivity contribution < 1.29 is 9.90 Å². The first kappa shape index (κ1) is 9.97. The molecule has 3 N–H and O–H groups in total. The zero-order chi connectivity index (χ0) is 10.5. The Morgan fingerprint density at radius 1 is 1.50 bits per heavy atom. The Labute approximate surface area is 84.7 Å². The lowest BCUT2D eigenvalue weighted by Crippen LogP contribution is -2.34. The summed E-state index contributed by atoms with van der Waals surface area (Å²) >= 11 is 0. The van der Waals surface area contributed by atoms with Crippen molar-refractivity contribution in [3.05, 3.63) is 0 Å². The Hall–Kier alpha value is -0.570. The first-order valence-corrected chi connectivity index (χ1v) is 5.43. The first-order chi connectivity index (χ1) is 6.50. The number of carbonyl (C=O) groups is 1. The van der Waals surface area contributed by atoms with Crippen LogP contribution in [0.5, 0.6) is 0 Å². The maximum absolute atomic E-state index is 11.0. The van der Waals surface area contributed by atoms with Crippen molar-refractivity contribution in [1.82, 2.24) is 0 Å². The highest BCUT2D eigenvalue weighted by atomic mass is 16.4. The normalized spacial score (nSPS) is 44.2. The molecule has 0 heterocycles. The van der Waals surface area contributed by atoms with Gasteiger partial charge in [-0.3, -0.25) is 4.79 Å². The monoisotopic (exact) mass is 197 g/mol. The summed E-state index contributed by atoms with van der Waals surface area (Å²) in [6.07, 6.45) is 1.90. The SMILES string of the molecule is CC1(C)[C@@H]2[C@@H](CN)[C@H](C(=O)O)CC[C@@H]21. The van der Waals surface area contributed by atoms with E-state index in [0.717, 1.165) is 18.8 Å². The second-order valence-electron chi connectivity index (χ2n) is 5.38. The molecule has 0 unspecified atom stereocenters. The number of carboxylic acid groups (broad SMARTS) is 1. The summed E-state index contributed by atoms with van der Waals surface area (Å²) in [5.41, 5.74) is 6.05. The summed E-state index contributed by atoms with van der Waals surface area (Å²) in [6.45, 7) is 5.02. The minimum absolute atomic E-state index is 0.192. The predicted molar refractivity (Wildman–Crippen MR) is 53.7 cm³/mol. The molecule has 0 saturated heterocycles. The van der Waals surface area contributed by atoms with Gasteiger partial charge in [-0.1, -0.05) is 13.8 Å². The summed E-state index contributed by atoms with van der Waals surface area (Å²) in [5, 5.41) is 9.09. The number of nitrogens with two attached hydrogens (primary N) is 1. The van der Waals surface area contributed by atoms with E-state index in [0.29, 0.717) is 17.9 Å². The standard InChI is InChI=1S/C11H19NO2/c1-11(2)8-4-3-6(10(13)14)7(5-12)9(8)11/h6-9H,3-5,12H2,1-2H3,(H,13,14)/t6-,7+,8+,9-/m1/s1. The van der Waals surface area contributed by atoms with Crippen molar-refractivity contribution in [3.8, 4) is 0 Å². The Kier molecular flexibility index (Phi) is 2.11. The molecule has 2 rings (SSSR count). The van der Waals surface area contributed by atoms with Gasteiger partial charge in [0, 0.05) is 0 Å². The summed E-state index contributed by atoms with van der Waals surface area (Å²) in [4.78, 5) is 11.0. The summed E-state index contributed by atoms with van der Waals surface area (Å²) in [7, 11) is 0. The molecule has 0 amide bonds. The highest BCUT2D eigenvalue weighted by molar-refractivity contribution is 5.70. The maximum atomic E-state index is 11.0. The molecule has 0 spiro atoms. The van der Waals surface area contributed by atoms with Crippen LogP contribution in [0.2, 0.25) is 0 Å². The lowest BCUT2D eigenvalue weighted by Gasteiger charge is -2.27. The number of hydrogen-bond acceptors (Lipinski definition) is 2. The van der Waals surface area contributed by atoms with Crippen LogP contribution in [-0.4, -0.2) is 17.6 Å². The van der Waals surface area contributed by atoms with E-state index in [1.807, 2.05) is 0 Å². The number of aliphatic carboxylic acids is 1. The third-order valence-electron chi connectivity index (χ3n) is 4.50. The lowest BCUT2D eigenvalue weighted by molar-refractivity contribution is -0.145. The molecule has 0 bridgehead atoms. The van der Waals surface area contributed by atoms with Crippen LogP contribution < -0.4 is 5.73 Å². The quantitative estimate of drug-likeness (QED) is 0.702. The van der Waals surface area contributed by atoms with Crippen molar-refractivity contribution in [2.24, 2.45) is 34.8 Å². The first-order valence-electron chi connectivity index (χ1n) is 5.43. The second-order valence-corrected chi connectivity index (χ2v) is 5.38. The van der Waals surface area contributed by atoms with Crippen LogP contribution >= 0.6 is 0 Å². The molecule has 0 aliphatic heterocycles. The van der Waals surface area contributed by atoms with Crippen molar-refractivity contribution >= 4 is 5.97 Å². The van der Waals surface area contributed by atoms with Gasteiger partial charge in [0.1, 0.15) is 0 Å². The van der Waals surface area contributed by atoms with Gasteiger partial charge in [0.15, 0.2) is 0 Å². The van der Waals surface area contributed by atoms with Crippen LogP contribution in [0.3, 0.4) is 0 Å². The van der Waals surface area contributed by atoms with E-state index < -0.39 is 5.97 Å². The van der Waals surface area contributed by atoms with Crippen LogP contribution in [0.1, 0.15) is 26.7 Å². The minimum Gasteiger partial charge on any atom is -0.481 e. The van der Waals surface area contributed by atoms with Crippen molar-refractivity contribution in [2.45, 2.75) is 26.7 Å². The summed E-state index contributed by atoms with van der Waals surface area (Å²) in [6, 6.07) is 0. The Bertz CT molecular complexity index is 262. The molecule has 2 aliphatic carbocycles. The van der Waals surface area contributed by atoms with Gasteiger partial charge in [0.2, 0.25) is 0 Å². The molecule has 2 fully saturated rings. The molecular formula is C11H19NO2. The fraction of sp³-hybridized carbons (Fsp3) is 0.909. The molecule has 0 radical (unpaired) electrons. The molecule has 0 aromatic heterocycles. The molecular weight excluding hydrogens is 178 g/mol. The van der Waals surface area contributed by atoms with Crippen molar-refractivity contribution in [3.63, 3.8) is 0 Å². The molecule has 3 heteroatoms. The van der Waals surface area contributed by atoms with E-state index in [-0.39, 0.29) is 11.8 Å². The maximum Gasteiger partial charge on any atom is 0.306 e. The van der Waals surface area contributed by atoms with Crippen LogP contribution in [0.25, 0.3) is 0 Å². The number of rotatable bonds is 2. The van der Waals surface area contributed by atoms with Gasteiger partial charge < -0.3 is 10.8 Å². The fourth-order valence-electron chi connectivity index (χ4n) is 3.63. The van der Waals surface area contributed by atoms with Crippen LogP contribution in [0.15, 0.2) is 0 Å². The zero-order valence-corrected chi connectivity index (χ0v) is 8.86. The second kappa shape index (κ2) is 2.96. The van der Waals surface area contributed by atoms with Crippen molar-refractivity contribution in [1.29, 1.82) is 0 Å². The highest BCUT2D eigenvalue weighted by Crippen LogP contribution is 2.67. The average Bonchev–Trinajstić information content (AvgIpc) is 2.68. The van der Waals surface area contributed by atoms with Gasteiger partial charge in [0.05, 0.1) is 5.92 Å². The van der Waals surface area contributed by atoms with E-state index in [1.165, 1.54) is 0 Å². The lowest BCUT2D eigenvalue weighted by atomic mass is 9.79. The molecule has 80 valence electrons. The summed E-state index contributed by atoms with van der Waals surface area (Å²) in [5.74, 6) is 0.653. The minimum atomic E-state index is -0.651. The zero-order valence-electron chi connectivity index (χ0n) is 8.86. The van der Waals surface area contributed by atoms with Crippen LogP contribution in [0.4, 0.5) is 0 Å². The van der Waals surface area contributed by atoms with Gasteiger partial charge >= 0.3 is 5.97 Å². The Morgan fingerprint density at radius 2 is 2.14 bits per heavy atom. The Balaban J connectivity index is 2.16. The van der Waals surface area contributed by atoms with E-state index in [1.54, 1.807) is 0 Å². The highest BCUT2D eigenvalue weighted by Gasteiger charge is 2.64. The topological polar surface area (TPSA) is 63.3 Å². The average molecular weight is 197 g/mol. The number of fused-ring (bicyclic) bond motifs is 1. The smallest absolute Gasteiger partial charge is 0.306 e. The van der Waals surface area contributed by atoms with Gasteiger partial charge in [-0.25, -0.2) is 0 Å². The van der Waals surface area contributed by atoms with Gasteiger partial charge in [0.25, 0.3) is 0 Å². The largest absolute Gasteiger partial charge is 0.481 e. The van der Waals surface area contributed by atoms with E-state index in [9.17, 15) is 4.79 Å². The molecule has 2 aliphatic rings. The third-order valence-corrected chi connectivity index (χ3v) is 4.50. The molecule has 4 atom stereocenters. The molecule has 0 aromatic carbocycles. The van der Waals surface area contributed by atoms with Crippen LogP contribution in [-0.2, 0) is 4.79 Å². The van der Waals surface area contributed by atoms with Crippen LogP contribution in [0, 0.1) is 29.1 Å². The Morgan fingerprint density at radius 3 is 2.64 bits per heavy atom. The number of carboxylic acids is 1. The van der Waals surface area contributed by atoms with E-state index in [4.69, 9.17) is 10.8 Å².